The standard InChI is InChI=1S/C13H22N2O3/c16-12(9-3-1-2-4-9)14-10-5-7-11(8-6-10)15-13(17)18/h9-11,15H,1-8H2,(H,14,16)(H,17,18). The Labute approximate surface area is 107 Å². The Morgan fingerprint density at radius 2 is 1.33 bits per heavy atom. The summed E-state index contributed by atoms with van der Waals surface area (Å²) in [6.45, 7) is 0. The van der Waals surface area contributed by atoms with Gasteiger partial charge in [0.15, 0.2) is 0 Å². The van der Waals surface area contributed by atoms with Crippen molar-refractivity contribution in [3.05, 3.63) is 0 Å². The lowest BCUT2D eigenvalue weighted by Gasteiger charge is -2.29. The van der Waals surface area contributed by atoms with Crippen molar-refractivity contribution in [2.75, 3.05) is 0 Å². The number of hydrogen-bond acceptors (Lipinski definition) is 2. The van der Waals surface area contributed by atoms with Crippen molar-refractivity contribution in [3.63, 3.8) is 0 Å². The first-order valence-corrected chi connectivity index (χ1v) is 6.95. The molecule has 0 saturated heterocycles. The number of amides is 2. The fourth-order valence-electron chi connectivity index (χ4n) is 3.06. The van der Waals surface area contributed by atoms with Crippen LogP contribution in [-0.2, 0) is 4.79 Å². The third-order valence-corrected chi connectivity index (χ3v) is 4.13. The van der Waals surface area contributed by atoms with Gasteiger partial charge in [0.25, 0.3) is 0 Å². The summed E-state index contributed by atoms with van der Waals surface area (Å²) in [6.07, 6.45) is 6.86. The van der Waals surface area contributed by atoms with E-state index < -0.39 is 6.09 Å². The molecule has 0 aromatic carbocycles. The first-order valence-electron chi connectivity index (χ1n) is 6.95. The zero-order valence-electron chi connectivity index (χ0n) is 10.7. The molecule has 5 nitrogen and oxygen atoms in total. The van der Waals surface area contributed by atoms with Crippen LogP contribution in [0.4, 0.5) is 4.79 Å². The van der Waals surface area contributed by atoms with Gasteiger partial charge in [0.05, 0.1) is 0 Å². The number of carboxylic acid groups (broad SMARTS) is 1. The van der Waals surface area contributed by atoms with Crippen LogP contribution in [0, 0.1) is 5.92 Å². The van der Waals surface area contributed by atoms with E-state index in [9.17, 15) is 9.59 Å². The summed E-state index contributed by atoms with van der Waals surface area (Å²) in [5.41, 5.74) is 0. The predicted octanol–water partition coefficient (Wildman–Crippen LogP) is 1.87. The second-order valence-electron chi connectivity index (χ2n) is 5.49. The van der Waals surface area contributed by atoms with Crippen molar-refractivity contribution in [2.45, 2.75) is 63.5 Å². The Kier molecular flexibility index (Phi) is 4.44. The molecule has 0 bridgehead atoms. The van der Waals surface area contributed by atoms with E-state index in [0.29, 0.717) is 0 Å². The van der Waals surface area contributed by atoms with E-state index in [2.05, 4.69) is 10.6 Å². The molecule has 18 heavy (non-hydrogen) atoms. The number of nitrogens with one attached hydrogen (secondary N) is 2. The van der Waals surface area contributed by atoms with Crippen LogP contribution in [-0.4, -0.2) is 29.2 Å². The van der Waals surface area contributed by atoms with Crippen LogP contribution in [0.2, 0.25) is 0 Å². The number of carbonyl (C=O) groups excluding carboxylic acids is 1. The fraction of sp³-hybridized carbons (Fsp3) is 0.846. The average Bonchev–Trinajstić information content (AvgIpc) is 2.84. The minimum absolute atomic E-state index is 0.0575. The molecule has 0 unspecified atom stereocenters. The average molecular weight is 254 g/mol. The molecule has 2 amide bonds. The first kappa shape index (κ1) is 13.2. The van der Waals surface area contributed by atoms with Crippen molar-refractivity contribution in [2.24, 2.45) is 5.92 Å². The van der Waals surface area contributed by atoms with Crippen molar-refractivity contribution in [1.29, 1.82) is 0 Å². The van der Waals surface area contributed by atoms with Crippen LogP contribution in [0.1, 0.15) is 51.4 Å². The van der Waals surface area contributed by atoms with Gasteiger partial charge in [-0.15, -0.1) is 0 Å². The van der Waals surface area contributed by atoms with E-state index in [0.717, 1.165) is 38.5 Å². The Bertz CT molecular complexity index is 305. The highest BCUT2D eigenvalue weighted by Crippen LogP contribution is 2.26. The van der Waals surface area contributed by atoms with Gasteiger partial charge in [-0.25, -0.2) is 4.79 Å². The number of carbonyl (C=O) groups is 2. The van der Waals surface area contributed by atoms with E-state index in [1.165, 1.54) is 12.8 Å². The lowest BCUT2D eigenvalue weighted by molar-refractivity contribution is -0.125. The maximum Gasteiger partial charge on any atom is 0.404 e. The van der Waals surface area contributed by atoms with Crippen LogP contribution in [0.25, 0.3) is 0 Å². The summed E-state index contributed by atoms with van der Waals surface area (Å²) in [7, 11) is 0. The number of hydrogen-bond donors (Lipinski definition) is 3. The smallest absolute Gasteiger partial charge is 0.404 e. The highest BCUT2D eigenvalue weighted by atomic mass is 16.4. The molecule has 102 valence electrons. The van der Waals surface area contributed by atoms with Gasteiger partial charge in [0, 0.05) is 18.0 Å². The van der Waals surface area contributed by atoms with Crippen LogP contribution in [0.15, 0.2) is 0 Å². The van der Waals surface area contributed by atoms with Crippen molar-refractivity contribution in [1.82, 2.24) is 10.6 Å². The SMILES string of the molecule is O=C(O)NC1CCC(NC(=O)C2CCCC2)CC1. The summed E-state index contributed by atoms with van der Waals surface area (Å²) >= 11 is 0. The van der Waals surface area contributed by atoms with Gasteiger partial charge in [-0.05, 0) is 38.5 Å². The lowest BCUT2D eigenvalue weighted by atomic mass is 9.90. The summed E-state index contributed by atoms with van der Waals surface area (Å²) in [6, 6.07) is 0.298. The highest BCUT2D eigenvalue weighted by Gasteiger charge is 2.27. The molecule has 0 aromatic heterocycles. The summed E-state index contributed by atoms with van der Waals surface area (Å²) < 4.78 is 0. The quantitative estimate of drug-likeness (QED) is 0.719. The van der Waals surface area contributed by atoms with E-state index >= 15 is 0 Å². The van der Waals surface area contributed by atoms with E-state index in [1.54, 1.807) is 0 Å². The second-order valence-corrected chi connectivity index (χ2v) is 5.49. The molecule has 2 fully saturated rings. The molecule has 2 rings (SSSR count). The Balaban J connectivity index is 1.69. The summed E-state index contributed by atoms with van der Waals surface area (Å²) in [5, 5.41) is 14.3. The van der Waals surface area contributed by atoms with Gasteiger partial charge in [0.2, 0.25) is 5.91 Å². The largest absolute Gasteiger partial charge is 0.465 e. The Morgan fingerprint density at radius 3 is 1.83 bits per heavy atom. The Hall–Kier alpha value is -1.26. The molecule has 0 aromatic rings. The molecule has 0 spiro atoms. The second kappa shape index (κ2) is 6.07. The maximum absolute atomic E-state index is 12.0. The first-order chi connectivity index (χ1) is 8.65. The Morgan fingerprint density at radius 1 is 0.833 bits per heavy atom. The summed E-state index contributed by atoms with van der Waals surface area (Å²) in [4.78, 5) is 22.5. The third kappa shape index (κ3) is 3.62. The van der Waals surface area contributed by atoms with Crippen molar-refractivity contribution < 1.29 is 14.7 Å². The molecular formula is C13H22N2O3. The molecular weight excluding hydrogens is 232 g/mol. The molecule has 2 saturated carbocycles. The normalized spacial score (nSPS) is 28.9. The molecule has 2 aliphatic rings. The predicted molar refractivity (Wildman–Crippen MR) is 67.3 cm³/mol. The zero-order valence-corrected chi connectivity index (χ0v) is 10.7. The van der Waals surface area contributed by atoms with Crippen LogP contribution >= 0.6 is 0 Å². The van der Waals surface area contributed by atoms with E-state index in [1.807, 2.05) is 0 Å². The minimum atomic E-state index is -0.951. The minimum Gasteiger partial charge on any atom is -0.465 e. The van der Waals surface area contributed by atoms with Crippen LogP contribution in [0.3, 0.4) is 0 Å². The van der Waals surface area contributed by atoms with Crippen LogP contribution in [0.5, 0.6) is 0 Å². The van der Waals surface area contributed by atoms with Gasteiger partial charge in [0.1, 0.15) is 0 Å². The molecule has 0 heterocycles. The topological polar surface area (TPSA) is 78.4 Å². The van der Waals surface area contributed by atoms with Gasteiger partial charge < -0.3 is 15.7 Å². The van der Waals surface area contributed by atoms with Gasteiger partial charge >= 0.3 is 6.09 Å². The zero-order chi connectivity index (χ0) is 13.0. The monoisotopic (exact) mass is 254 g/mol. The summed E-state index contributed by atoms with van der Waals surface area (Å²) in [5.74, 6) is 0.432. The molecule has 2 aliphatic carbocycles. The van der Waals surface area contributed by atoms with Crippen LogP contribution < -0.4 is 10.6 Å². The van der Waals surface area contributed by atoms with Gasteiger partial charge in [-0.3, -0.25) is 4.79 Å². The molecule has 0 atom stereocenters. The lowest BCUT2D eigenvalue weighted by Crippen LogP contribution is -2.44. The molecule has 3 N–H and O–H groups in total. The van der Waals surface area contributed by atoms with Gasteiger partial charge in [-0.2, -0.15) is 0 Å². The maximum atomic E-state index is 12.0. The highest BCUT2D eigenvalue weighted by molar-refractivity contribution is 5.79. The third-order valence-electron chi connectivity index (χ3n) is 4.13. The fourth-order valence-corrected chi connectivity index (χ4v) is 3.06. The molecule has 5 heteroatoms. The van der Waals surface area contributed by atoms with E-state index in [-0.39, 0.29) is 23.9 Å². The number of rotatable bonds is 3. The van der Waals surface area contributed by atoms with Crippen molar-refractivity contribution in [3.8, 4) is 0 Å². The molecule has 0 radical (unpaired) electrons. The van der Waals surface area contributed by atoms with Gasteiger partial charge in [-0.1, -0.05) is 12.8 Å². The molecule has 0 aliphatic heterocycles. The van der Waals surface area contributed by atoms with E-state index in [4.69, 9.17) is 5.11 Å². The van der Waals surface area contributed by atoms with Crippen molar-refractivity contribution >= 4 is 12.0 Å².